The second-order valence-electron chi connectivity index (χ2n) is 4.17. The van der Waals surface area contributed by atoms with Crippen molar-refractivity contribution in [2.24, 2.45) is 0 Å². The summed E-state index contributed by atoms with van der Waals surface area (Å²) >= 11 is 0. The second-order valence-corrected chi connectivity index (χ2v) is 4.17. The molecule has 0 aromatic carbocycles. The molecule has 21 heavy (non-hydrogen) atoms. The Morgan fingerprint density at radius 1 is 1.24 bits per heavy atom. The molecule has 0 aliphatic carbocycles. The van der Waals surface area contributed by atoms with Crippen LogP contribution < -0.4 is 5.32 Å². The van der Waals surface area contributed by atoms with Crippen LogP contribution in [0.1, 0.15) is 10.5 Å². The maximum absolute atomic E-state index is 13.0. The number of hydrogen-bond donors (Lipinski definition) is 1. The van der Waals surface area contributed by atoms with E-state index in [0.717, 1.165) is 0 Å². The summed E-state index contributed by atoms with van der Waals surface area (Å²) in [5.74, 6) is -0.516. The number of nitrogens with one attached hydrogen (secondary N) is 1. The molecule has 0 unspecified atom stereocenters. The first-order valence-electron chi connectivity index (χ1n) is 6.11. The molecule has 0 saturated heterocycles. The van der Waals surface area contributed by atoms with Gasteiger partial charge in [-0.2, -0.15) is 4.39 Å². The lowest BCUT2D eigenvalue weighted by atomic mass is 10.3. The number of pyridine rings is 2. The van der Waals surface area contributed by atoms with E-state index in [9.17, 15) is 9.18 Å². The Bertz CT molecular complexity index is 755. The van der Waals surface area contributed by atoms with Gasteiger partial charge in [0.1, 0.15) is 17.8 Å². The van der Waals surface area contributed by atoms with E-state index in [1.54, 1.807) is 35.4 Å². The number of aromatic nitrogens is 4. The normalized spacial score (nSPS) is 10.3. The fraction of sp³-hybridized carbons (Fsp3) is 0. The number of rotatable bonds is 3. The Kier molecular flexibility index (Phi) is 3.38. The fourth-order valence-electron chi connectivity index (χ4n) is 1.74. The lowest BCUT2D eigenvalue weighted by molar-refractivity contribution is 0.102. The molecule has 0 fully saturated rings. The van der Waals surface area contributed by atoms with Crippen molar-refractivity contribution in [1.29, 1.82) is 0 Å². The average Bonchev–Trinajstić information content (AvgIpc) is 3.02. The predicted octanol–water partition coefficient (Wildman–Crippen LogP) is 2.05. The molecule has 0 atom stereocenters. The average molecular weight is 283 g/mol. The zero-order valence-electron chi connectivity index (χ0n) is 10.8. The Hall–Kier alpha value is -3.09. The second kappa shape index (κ2) is 5.49. The molecular formula is C14H10FN5O. The van der Waals surface area contributed by atoms with Gasteiger partial charge in [-0.15, -0.1) is 0 Å². The number of imidazole rings is 1. The van der Waals surface area contributed by atoms with E-state index in [1.807, 2.05) is 0 Å². The number of carbonyl (C=O) groups is 1. The summed E-state index contributed by atoms with van der Waals surface area (Å²) in [5, 5.41) is 2.60. The predicted molar refractivity (Wildman–Crippen MR) is 73.5 cm³/mol. The first-order valence-corrected chi connectivity index (χ1v) is 6.11. The van der Waals surface area contributed by atoms with Crippen molar-refractivity contribution in [2.45, 2.75) is 0 Å². The van der Waals surface area contributed by atoms with Gasteiger partial charge in [-0.3, -0.25) is 9.36 Å². The molecule has 1 N–H and O–H groups in total. The van der Waals surface area contributed by atoms with E-state index >= 15 is 0 Å². The van der Waals surface area contributed by atoms with Crippen LogP contribution in [0.5, 0.6) is 0 Å². The van der Waals surface area contributed by atoms with Gasteiger partial charge < -0.3 is 5.32 Å². The fourth-order valence-corrected chi connectivity index (χ4v) is 1.74. The van der Waals surface area contributed by atoms with Gasteiger partial charge in [0.15, 0.2) is 0 Å². The van der Waals surface area contributed by atoms with Gasteiger partial charge in [0, 0.05) is 12.4 Å². The van der Waals surface area contributed by atoms with E-state index in [4.69, 9.17) is 0 Å². The standard InChI is InChI=1S/C14H10FN5O/c15-12-3-1-2-11(19-12)14(21)18-10-4-5-13(17-8-10)20-7-6-16-9-20/h1-9H,(H,18,21). The molecule has 7 heteroatoms. The first kappa shape index (κ1) is 12.9. The summed E-state index contributed by atoms with van der Waals surface area (Å²) in [6.07, 6.45) is 6.54. The van der Waals surface area contributed by atoms with E-state index in [1.165, 1.54) is 24.4 Å². The number of hydrogen-bond acceptors (Lipinski definition) is 4. The van der Waals surface area contributed by atoms with Crippen molar-refractivity contribution in [3.63, 3.8) is 0 Å². The molecule has 1 amide bonds. The molecule has 3 aromatic heterocycles. The summed E-state index contributed by atoms with van der Waals surface area (Å²) in [4.78, 5) is 23.5. The Labute approximate surface area is 119 Å². The SMILES string of the molecule is O=C(Nc1ccc(-n2ccnc2)nc1)c1cccc(F)n1. The van der Waals surface area contributed by atoms with Crippen molar-refractivity contribution in [3.8, 4) is 5.82 Å². The van der Waals surface area contributed by atoms with Crippen LogP contribution in [0, 0.1) is 5.95 Å². The van der Waals surface area contributed by atoms with Crippen molar-refractivity contribution in [3.05, 3.63) is 66.9 Å². The highest BCUT2D eigenvalue weighted by atomic mass is 19.1. The Morgan fingerprint density at radius 2 is 2.14 bits per heavy atom. The monoisotopic (exact) mass is 283 g/mol. The van der Waals surface area contributed by atoms with Crippen LogP contribution in [0.15, 0.2) is 55.2 Å². The zero-order chi connectivity index (χ0) is 14.7. The maximum Gasteiger partial charge on any atom is 0.274 e. The molecular weight excluding hydrogens is 273 g/mol. The number of carbonyl (C=O) groups excluding carboxylic acids is 1. The molecule has 3 heterocycles. The van der Waals surface area contributed by atoms with Crippen LogP contribution in [0.3, 0.4) is 0 Å². The van der Waals surface area contributed by atoms with Crippen LogP contribution in [0.4, 0.5) is 10.1 Å². The molecule has 3 aromatic rings. The van der Waals surface area contributed by atoms with Crippen LogP contribution >= 0.6 is 0 Å². The van der Waals surface area contributed by atoms with Gasteiger partial charge in [0.05, 0.1) is 11.9 Å². The van der Waals surface area contributed by atoms with Crippen molar-refractivity contribution < 1.29 is 9.18 Å². The zero-order valence-corrected chi connectivity index (χ0v) is 10.8. The molecule has 0 aliphatic rings. The van der Waals surface area contributed by atoms with Crippen molar-refractivity contribution in [1.82, 2.24) is 19.5 Å². The van der Waals surface area contributed by atoms with Crippen molar-refractivity contribution in [2.75, 3.05) is 5.32 Å². The minimum atomic E-state index is -0.698. The number of nitrogens with zero attached hydrogens (tertiary/aromatic N) is 4. The molecule has 6 nitrogen and oxygen atoms in total. The lowest BCUT2D eigenvalue weighted by Gasteiger charge is -2.06. The molecule has 0 spiro atoms. The van der Waals surface area contributed by atoms with E-state index in [0.29, 0.717) is 11.5 Å². The van der Waals surface area contributed by atoms with Gasteiger partial charge in [0.2, 0.25) is 5.95 Å². The molecule has 3 rings (SSSR count). The largest absolute Gasteiger partial charge is 0.319 e. The van der Waals surface area contributed by atoms with E-state index in [2.05, 4.69) is 20.3 Å². The van der Waals surface area contributed by atoms with Gasteiger partial charge in [-0.25, -0.2) is 15.0 Å². The lowest BCUT2D eigenvalue weighted by Crippen LogP contribution is -2.14. The van der Waals surface area contributed by atoms with Crippen LogP contribution in [0.2, 0.25) is 0 Å². The molecule has 0 bridgehead atoms. The summed E-state index contributed by atoms with van der Waals surface area (Å²) < 4.78 is 14.7. The quantitative estimate of drug-likeness (QED) is 0.747. The molecule has 0 saturated carbocycles. The highest BCUT2D eigenvalue weighted by Crippen LogP contribution is 2.10. The summed E-state index contributed by atoms with van der Waals surface area (Å²) in [6, 6.07) is 7.47. The Balaban J connectivity index is 1.75. The maximum atomic E-state index is 13.0. The topological polar surface area (TPSA) is 72.7 Å². The summed E-state index contributed by atoms with van der Waals surface area (Å²) in [7, 11) is 0. The van der Waals surface area contributed by atoms with Crippen molar-refractivity contribution >= 4 is 11.6 Å². The third kappa shape index (κ3) is 2.92. The van der Waals surface area contributed by atoms with Gasteiger partial charge in [-0.1, -0.05) is 6.07 Å². The first-order chi connectivity index (χ1) is 10.2. The minimum absolute atomic E-state index is 0.00804. The summed E-state index contributed by atoms with van der Waals surface area (Å²) in [5.41, 5.74) is 0.503. The smallest absolute Gasteiger partial charge is 0.274 e. The highest BCUT2D eigenvalue weighted by Gasteiger charge is 2.08. The molecule has 104 valence electrons. The van der Waals surface area contributed by atoms with Crippen LogP contribution in [-0.2, 0) is 0 Å². The summed E-state index contributed by atoms with van der Waals surface area (Å²) in [6.45, 7) is 0. The number of halogens is 1. The van der Waals surface area contributed by atoms with Crippen LogP contribution in [-0.4, -0.2) is 25.4 Å². The van der Waals surface area contributed by atoms with E-state index in [-0.39, 0.29) is 5.69 Å². The molecule has 0 aliphatic heterocycles. The number of amides is 1. The molecule has 0 radical (unpaired) electrons. The third-order valence-electron chi connectivity index (χ3n) is 2.72. The van der Waals surface area contributed by atoms with Gasteiger partial charge in [-0.05, 0) is 24.3 Å². The number of anilines is 1. The van der Waals surface area contributed by atoms with Gasteiger partial charge >= 0.3 is 0 Å². The third-order valence-corrected chi connectivity index (χ3v) is 2.72. The minimum Gasteiger partial charge on any atom is -0.319 e. The highest BCUT2D eigenvalue weighted by molar-refractivity contribution is 6.02. The van der Waals surface area contributed by atoms with Gasteiger partial charge in [0.25, 0.3) is 5.91 Å². The Morgan fingerprint density at radius 3 is 2.81 bits per heavy atom. The van der Waals surface area contributed by atoms with Crippen LogP contribution in [0.25, 0.3) is 5.82 Å². The van der Waals surface area contributed by atoms with E-state index < -0.39 is 11.9 Å².